The number of carboxylic acid groups (broad SMARTS) is 1. The van der Waals surface area contributed by atoms with Gasteiger partial charge >= 0.3 is 5.97 Å². The van der Waals surface area contributed by atoms with Crippen LogP contribution in [0.3, 0.4) is 0 Å². The Morgan fingerprint density at radius 3 is 2.25 bits per heavy atom. The highest BCUT2D eigenvalue weighted by atomic mass is 16.4. The van der Waals surface area contributed by atoms with Gasteiger partial charge in [0.05, 0.1) is 0 Å². The molecule has 0 aromatic rings. The number of hydrogen-bond acceptors (Lipinski definition) is 1. The molecule has 0 aliphatic heterocycles. The van der Waals surface area contributed by atoms with Crippen molar-refractivity contribution in [3.8, 4) is 0 Å². The Hall–Kier alpha value is -0.790. The third-order valence-corrected chi connectivity index (χ3v) is 2.97. The predicted octanol–water partition coefficient (Wildman–Crippen LogP) is 2.60. The molecular formula is C10H16O2. The van der Waals surface area contributed by atoms with Gasteiger partial charge < -0.3 is 5.11 Å². The average Bonchev–Trinajstić information content (AvgIpc) is 2.70. The summed E-state index contributed by atoms with van der Waals surface area (Å²) in [5, 5.41) is 8.88. The highest BCUT2D eigenvalue weighted by molar-refractivity contribution is 5.87. The molecule has 1 rings (SSSR count). The maximum atomic E-state index is 10.8. The normalized spacial score (nSPS) is 21.6. The van der Waals surface area contributed by atoms with Crippen molar-refractivity contribution >= 4 is 5.97 Å². The van der Waals surface area contributed by atoms with Crippen molar-refractivity contribution < 1.29 is 9.90 Å². The van der Waals surface area contributed by atoms with Crippen LogP contribution in [0.25, 0.3) is 0 Å². The summed E-state index contributed by atoms with van der Waals surface area (Å²) in [7, 11) is 0. The Balaban J connectivity index is 2.92. The standard InChI is InChI=1S/C10H16O2/c1-4-8(9(11)12)7(2)10(3)5-6-10/h4-6H2,1-3H3,(H,11,12)/b8-7-. The van der Waals surface area contributed by atoms with Gasteiger partial charge in [-0.05, 0) is 31.6 Å². The second-order valence-electron chi connectivity index (χ2n) is 3.82. The quantitative estimate of drug-likeness (QED) is 0.658. The number of carboxylic acids is 1. The van der Waals surface area contributed by atoms with E-state index in [4.69, 9.17) is 5.11 Å². The van der Waals surface area contributed by atoms with Gasteiger partial charge in [0.2, 0.25) is 0 Å². The van der Waals surface area contributed by atoms with Crippen LogP contribution < -0.4 is 0 Å². The lowest BCUT2D eigenvalue weighted by Crippen LogP contribution is -2.07. The molecule has 12 heavy (non-hydrogen) atoms. The molecule has 0 bridgehead atoms. The van der Waals surface area contributed by atoms with Crippen LogP contribution in [-0.2, 0) is 4.79 Å². The first kappa shape index (κ1) is 9.30. The summed E-state index contributed by atoms with van der Waals surface area (Å²) in [6, 6.07) is 0. The summed E-state index contributed by atoms with van der Waals surface area (Å²) >= 11 is 0. The molecule has 0 amide bonds. The van der Waals surface area contributed by atoms with Gasteiger partial charge in [0.25, 0.3) is 0 Å². The van der Waals surface area contributed by atoms with E-state index in [1.54, 1.807) is 0 Å². The molecule has 1 N–H and O–H groups in total. The summed E-state index contributed by atoms with van der Waals surface area (Å²) in [6.45, 7) is 6.00. The Labute approximate surface area is 73.3 Å². The molecule has 1 aliphatic carbocycles. The summed E-state index contributed by atoms with van der Waals surface area (Å²) in [5.41, 5.74) is 1.90. The van der Waals surface area contributed by atoms with Crippen LogP contribution in [0.4, 0.5) is 0 Å². The molecule has 0 radical (unpaired) electrons. The van der Waals surface area contributed by atoms with Crippen LogP contribution >= 0.6 is 0 Å². The highest BCUT2D eigenvalue weighted by Gasteiger charge is 2.40. The van der Waals surface area contributed by atoms with Crippen LogP contribution in [0.15, 0.2) is 11.1 Å². The Kier molecular flexibility index (Phi) is 2.27. The molecule has 0 heterocycles. The molecule has 0 atom stereocenters. The topological polar surface area (TPSA) is 37.3 Å². The van der Waals surface area contributed by atoms with Gasteiger partial charge in [0, 0.05) is 5.57 Å². The van der Waals surface area contributed by atoms with E-state index in [1.807, 2.05) is 13.8 Å². The van der Waals surface area contributed by atoms with Gasteiger partial charge in [-0.1, -0.05) is 19.4 Å². The molecule has 0 aromatic heterocycles. The van der Waals surface area contributed by atoms with E-state index in [1.165, 1.54) is 0 Å². The number of carbonyl (C=O) groups is 1. The van der Waals surface area contributed by atoms with Crippen molar-refractivity contribution in [1.29, 1.82) is 0 Å². The Morgan fingerprint density at radius 2 is 2.00 bits per heavy atom. The number of aliphatic carboxylic acids is 1. The molecule has 1 saturated carbocycles. The van der Waals surface area contributed by atoms with E-state index in [2.05, 4.69) is 6.92 Å². The van der Waals surface area contributed by atoms with E-state index in [9.17, 15) is 4.79 Å². The Bertz CT molecular complexity index is 234. The van der Waals surface area contributed by atoms with E-state index < -0.39 is 5.97 Å². The van der Waals surface area contributed by atoms with E-state index in [0.29, 0.717) is 12.0 Å². The summed E-state index contributed by atoms with van der Waals surface area (Å²) in [6.07, 6.45) is 2.93. The first-order valence-corrected chi connectivity index (χ1v) is 4.45. The minimum atomic E-state index is -0.747. The highest BCUT2D eigenvalue weighted by Crippen LogP contribution is 2.52. The van der Waals surface area contributed by atoms with Crippen LogP contribution in [-0.4, -0.2) is 11.1 Å². The van der Waals surface area contributed by atoms with Crippen LogP contribution in [0.1, 0.15) is 40.0 Å². The zero-order chi connectivity index (χ0) is 9.35. The smallest absolute Gasteiger partial charge is 0.331 e. The molecule has 0 aromatic carbocycles. The SMILES string of the molecule is CC/C(C(=O)O)=C(\C)C1(C)CC1. The summed E-state index contributed by atoms with van der Waals surface area (Å²) in [4.78, 5) is 10.8. The first-order valence-electron chi connectivity index (χ1n) is 4.45. The maximum Gasteiger partial charge on any atom is 0.331 e. The zero-order valence-electron chi connectivity index (χ0n) is 7.98. The Morgan fingerprint density at radius 1 is 1.50 bits per heavy atom. The minimum absolute atomic E-state index is 0.212. The lowest BCUT2D eigenvalue weighted by atomic mass is 9.93. The number of hydrogen-bond donors (Lipinski definition) is 1. The molecule has 0 spiro atoms. The second-order valence-corrected chi connectivity index (χ2v) is 3.82. The van der Waals surface area contributed by atoms with Crippen LogP contribution in [0.5, 0.6) is 0 Å². The van der Waals surface area contributed by atoms with E-state index in [-0.39, 0.29) is 5.41 Å². The summed E-state index contributed by atoms with van der Waals surface area (Å²) in [5.74, 6) is -0.747. The van der Waals surface area contributed by atoms with Gasteiger partial charge in [-0.25, -0.2) is 4.79 Å². The molecule has 2 nitrogen and oxygen atoms in total. The first-order chi connectivity index (χ1) is 5.51. The third-order valence-electron chi connectivity index (χ3n) is 2.97. The molecule has 2 heteroatoms. The van der Waals surface area contributed by atoms with Crippen molar-refractivity contribution in [2.24, 2.45) is 5.41 Å². The van der Waals surface area contributed by atoms with Gasteiger partial charge in [-0.3, -0.25) is 0 Å². The average molecular weight is 168 g/mol. The fraction of sp³-hybridized carbons (Fsp3) is 0.700. The van der Waals surface area contributed by atoms with Gasteiger partial charge in [-0.15, -0.1) is 0 Å². The predicted molar refractivity (Wildman–Crippen MR) is 48.0 cm³/mol. The minimum Gasteiger partial charge on any atom is -0.478 e. The molecule has 1 fully saturated rings. The lowest BCUT2D eigenvalue weighted by molar-refractivity contribution is -0.132. The lowest BCUT2D eigenvalue weighted by Gasteiger charge is -2.12. The molecule has 0 unspecified atom stereocenters. The molecule has 1 aliphatic rings. The monoisotopic (exact) mass is 168 g/mol. The van der Waals surface area contributed by atoms with Crippen molar-refractivity contribution in [2.75, 3.05) is 0 Å². The second kappa shape index (κ2) is 2.92. The van der Waals surface area contributed by atoms with Gasteiger partial charge in [-0.2, -0.15) is 0 Å². The molecule has 0 saturated heterocycles. The zero-order valence-corrected chi connectivity index (χ0v) is 7.98. The fourth-order valence-electron chi connectivity index (χ4n) is 1.50. The van der Waals surface area contributed by atoms with Crippen molar-refractivity contribution in [1.82, 2.24) is 0 Å². The van der Waals surface area contributed by atoms with Gasteiger partial charge in [0.15, 0.2) is 0 Å². The number of rotatable bonds is 3. The largest absolute Gasteiger partial charge is 0.478 e. The maximum absolute atomic E-state index is 10.8. The van der Waals surface area contributed by atoms with Crippen molar-refractivity contribution in [3.63, 3.8) is 0 Å². The van der Waals surface area contributed by atoms with Crippen molar-refractivity contribution in [3.05, 3.63) is 11.1 Å². The van der Waals surface area contributed by atoms with Crippen LogP contribution in [0.2, 0.25) is 0 Å². The number of allylic oxidation sites excluding steroid dienone is 1. The van der Waals surface area contributed by atoms with E-state index in [0.717, 1.165) is 18.4 Å². The van der Waals surface area contributed by atoms with Crippen molar-refractivity contribution in [2.45, 2.75) is 40.0 Å². The fourth-order valence-corrected chi connectivity index (χ4v) is 1.50. The molecule has 68 valence electrons. The molecular weight excluding hydrogens is 152 g/mol. The van der Waals surface area contributed by atoms with E-state index >= 15 is 0 Å². The summed E-state index contributed by atoms with van der Waals surface area (Å²) < 4.78 is 0. The van der Waals surface area contributed by atoms with Crippen LogP contribution in [0, 0.1) is 5.41 Å². The van der Waals surface area contributed by atoms with Gasteiger partial charge in [0.1, 0.15) is 0 Å². The third kappa shape index (κ3) is 1.52.